The fourth-order valence-corrected chi connectivity index (χ4v) is 1.98. The van der Waals surface area contributed by atoms with Crippen LogP contribution in [0.2, 0.25) is 0 Å². The molecular weight excluding hydrogens is 202 g/mol. The maximum absolute atomic E-state index is 11.7. The van der Waals surface area contributed by atoms with Crippen LogP contribution in [-0.4, -0.2) is 25.5 Å². The molecule has 2 N–H and O–H groups in total. The molecule has 86 valence electrons. The number of ketones is 1. The highest BCUT2D eigenvalue weighted by Gasteiger charge is 2.43. The van der Waals surface area contributed by atoms with Gasteiger partial charge in [0, 0.05) is 12.5 Å². The van der Waals surface area contributed by atoms with Gasteiger partial charge in [-0.3, -0.25) is 4.79 Å². The molecular formula is C13H17NO2. The van der Waals surface area contributed by atoms with E-state index in [1.54, 1.807) is 0 Å². The van der Waals surface area contributed by atoms with Gasteiger partial charge in [0.1, 0.15) is 6.61 Å². The molecule has 1 fully saturated rings. The zero-order valence-corrected chi connectivity index (χ0v) is 9.26. The SMILES string of the molecule is NCCOCC(=O)C1CC1c1ccccc1. The summed E-state index contributed by atoms with van der Waals surface area (Å²) in [6.07, 6.45) is 0.967. The second-order valence-corrected chi connectivity index (χ2v) is 4.17. The molecule has 2 rings (SSSR count). The Kier molecular flexibility index (Phi) is 3.70. The fraction of sp³-hybridized carbons (Fsp3) is 0.462. The van der Waals surface area contributed by atoms with Crippen molar-refractivity contribution in [2.75, 3.05) is 19.8 Å². The molecule has 1 aromatic rings. The Morgan fingerprint density at radius 3 is 2.81 bits per heavy atom. The summed E-state index contributed by atoms with van der Waals surface area (Å²) >= 11 is 0. The lowest BCUT2D eigenvalue weighted by Gasteiger charge is -2.01. The van der Waals surface area contributed by atoms with Gasteiger partial charge in [-0.25, -0.2) is 0 Å². The van der Waals surface area contributed by atoms with E-state index in [9.17, 15) is 4.79 Å². The summed E-state index contributed by atoms with van der Waals surface area (Å²) in [7, 11) is 0. The Balaban J connectivity index is 1.80. The maximum atomic E-state index is 11.7. The minimum absolute atomic E-state index is 0.167. The van der Waals surface area contributed by atoms with Crippen LogP contribution in [0.3, 0.4) is 0 Å². The zero-order chi connectivity index (χ0) is 11.4. The van der Waals surface area contributed by atoms with Crippen LogP contribution >= 0.6 is 0 Å². The quantitative estimate of drug-likeness (QED) is 0.734. The molecule has 2 atom stereocenters. The van der Waals surface area contributed by atoms with E-state index < -0.39 is 0 Å². The van der Waals surface area contributed by atoms with Crippen molar-refractivity contribution in [2.24, 2.45) is 11.7 Å². The van der Waals surface area contributed by atoms with Crippen LogP contribution in [-0.2, 0) is 9.53 Å². The molecule has 0 heterocycles. The minimum atomic E-state index is 0.167. The molecule has 3 heteroatoms. The number of nitrogens with two attached hydrogens (primary N) is 1. The van der Waals surface area contributed by atoms with Crippen molar-refractivity contribution in [1.82, 2.24) is 0 Å². The Morgan fingerprint density at radius 2 is 2.12 bits per heavy atom. The first-order chi connectivity index (χ1) is 7.83. The van der Waals surface area contributed by atoms with E-state index in [2.05, 4.69) is 12.1 Å². The van der Waals surface area contributed by atoms with E-state index in [-0.39, 0.29) is 18.3 Å². The van der Waals surface area contributed by atoms with Gasteiger partial charge in [-0.1, -0.05) is 30.3 Å². The van der Waals surface area contributed by atoms with Crippen LogP contribution in [0.1, 0.15) is 17.9 Å². The molecule has 2 unspecified atom stereocenters. The Hall–Kier alpha value is -1.19. The van der Waals surface area contributed by atoms with E-state index in [1.165, 1.54) is 5.56 Å². The van der Waals surface area contributed by atoms with Crippen LogP contribution in [0, 0.1) is 5.92 Å². The average Bonchev–Trinajstić information content (AvgIpc) is 3.10. The number of carbonyl (C=O) groups excluding carboxylic acids is 1. The molecule has 0 spiro atoms. The molecule has 0 radical (unpaired) electrons. The molecule has 1 aliphatic carbocycles. The molecule has 0 saturated heterocycles. The van der Waals surface area contributed by atoms with Crippen molar-refractivity contribution in [3.63, 3.8) is 0 Å². The van der Waals surface area contributed by atoms with Gasteiger partial charge in [-0.2, -0.15) is 0 Å². The monoisotopic (exact) mass is 219 g/mol. The van der Waals surface area contributed by atoms with Gasteiger partial charge in [0.05, 0.1) is 6.61 Å². The second kappa shape index (κ2) is 5.23. The number of benzene rings is 1. The summed E-state index contributed by atoms with van der Waals surface area (Å²) in [5.41, 5.74) is 6.55. The van der Waals surface area contributed by atoms with Crippen LogP contribution in [0.4, 0.5) is 0 Å². The van der Waals surface area contributed by atoms with Crippen molar-refractivity contribution in [2.45, 2.75) is 12.3 Å². The lowest BCUT2D eigenvalue weighted by Crippen LogP contribution is -2.16. The van der Waals surface area contributed by atoms with Crippen molar-refractivity contribution < 1.29 is 9.53 Å². The first-order valence-corrected chi connectivity index (χ1v) is 5.68. The first-order valence-electron chi connectivity index (χ1n) is 5.68. The van der Waals surface area contributed by atoms with E-state index in [0.29, 0.717) is 19.1 Å². The summed E-state index contributed by atoms with van der Waals surface area (Å²) < 4.78 is 5.16. The number of hydrogen-bond donors (Lipinski definition) is 1. The first kappa shape index (κ1) is 11.3. The topological polar surface area (TPSA) is 52.3 Å². The highest BCUT2D eigenvalue weighted by Crippen LogP contribution is 2.47. The van der Waals surface area contributed by atoms with Crippen LogP contribution in [0.15, 0.2) is 30.3 Å². The Morgan fingerprint density at radius 1 is 1.38 bits per heavy atom. The molecule has 1 saturated carbocycles. The molecule has 0 aromatic heterocycles. The molecule has 1 aliphatic rings. The zero-order valence-electron chi connectivity index (χ0n) is 9.26. The van der Waals surface area contributed by atoms with Crippen molar-refractivity contribution in [3.05, 3.63) is 35.9 Å². The van der Waals surface area contributed by atoms with Gasteiger partial charge in [0.25, 0.3) is 0 Å². The van der Waals surface area contributed by atoms with Crippen molar-refractivity contribution >= 4 is 5.78 Å². The number of carbonyl (C=O) groups is 1. The standard InChI is InChI=1S/C13H17NO2/c14-6-7-16-9-13(15)12-8-11(12)10-4-2-1-3-5-10/h1-5,11-12H,6-9,14H2. The normalized spacial score (nSPS) is 23.1. The molecule has 16 heavy (non-hydrogen) atoms. The Labute approximate surface area is 95.6 Å². The summed E-state index contributed by atoms with van der Waals surface area (Å²) in [6, 6.07) is 10.2. The maximum Gasteiger partial charge on any atom is 0.162 e. The van der Waals surface area contributed by atoms with Crippen molar-refractivity contribution in [3.8, 4) is 0 Å². The summed E-state index contributed by atoms with van der Waals surface area (Å²) in [5.74, 6) is 0.789. The lowest BCUT2D eigenvalue weighted by atomic mass is 10.1. The summed E-state index contributed by atoms with van der Waals surface area (Å²) in [6.45, 7) is 1.15. The molecule has 0 aliphatic heterocycles. The largest absolute Gasteiger partial charge is 0.372 e. The highest BCUT2D eigenvalue weighted by molar-refractivity contribution is 5.86. The lowest BCUT2D eigenvalue weighted by molar-refractivity contribution is -0.124. The van der Waals surface area contributed by atoms with Crippen LogP contribution in [0.5, 0.6) is 0 Å². The average molecular weight is 219 g/mol. The molecule has 0 amide bonds. The van der Waals surface area contributed by atoms with Gasteiger partial charge < -0.3 is 10.5 Å². The molecule has 1 aromatic carbocycles. The van der Waals surface area contributed by atoms with Gasteiger partial charge in [0.2, 0.25) is 0 Å². The predicted octanol–water partition coefficient (Wildman–Crippen LogP) is 1.33. The third kappa shape index (κ3) is 2.68. The van der Waals surface area contributed by atoms with Gasteiger partial charge in [-0.15, -0.1) is 0 Å². The smallest absolute Gasteiger partial charge is 0.162 e. The van der Waals surface area contributed by atoms with E-state index in [0.717, 1.165) is 6.42 Å². The fourth-order valence-electron chi connectivity index (χ4n) is 1.98. The third-order valence-electron chi connectivity index (χ3n) is 2.94. The molecule has 3 nitrogen and oxygen atoms in total. The number of ether oxygens (including phenoxy) is 1. The second-order valence-electron chi connectivity index (χ2n) is 4.17. The van der Waals surface area contributed by atoms with Crippen LogP contribution < -0.4 is 5.73 Å². The third-order valence-corrected chi connectivity index (χ3v) is 2.94. The highest BCUT2D eigenvalue weighted by atomic mass is 16.5. The number of hydrogen-bond acceptors (Lipinski definition) is 3. The van der Waals surface area contributed by atoms with E-state index >= 15 is 0 Å². The van der Waals surface area contributed by atoms with Crippen LogP contribution in [0.25, 0.3) is 0 Å². The summed E-state index contributed by atoms with van der Waals surface area (Å²) in [5, 5.41) is 0. The van der Waals surface area contributed by atoms with E-state index in [1.807, 2.05) is 18.2 Å². The Bertz CT molecular complexity index is 350. The number of rotatable bonds is 6. The van der Waals surface area contributed by atoms with Crippen molar-refractivity contribution in [1.29, 1.82) is 0 Å². The van der Waals surface area contributed by atoms with Gasteiger partial charge in [0.15, 0.2) is 5.78 Å². The van der Waals surface area contributed by atoms with E-state index in [4.69, 9.17) is 10.5 Å². The minimum Gasteiger partial charge on any atom is -0.372 e. The summed E-state index contributed by atoms with van der Waals surface area (Å²) in [4.78, 5) is 11.7. The predicted molar refractivity (Wildman–Crippen MR) is 62.2 cm³/mol. The molecule has 0 bridgehead atoms. The van der Waals surface area contributed by atoms with Gasteiger partial charge in [-0.05, 0) is 17.9 Å². The number of Topliss-reactive ketones (excluding diaryl/α,β-unsaturated/α-hetero) is 1. The van der Waals surface area contributed by atoms with Gasteiger partial charge >= 0.3 is 0 Å².